The van der Waals surface area contributed by atoms with E-state index in [1.54, 1.807) is 0 Å². The molecule has 0 amide bonds. The van der Waals surface area contributed by atoms with E-state index in [0.717, 1.165) is 122 Å². The van der Waals surface area contributed by atoms with E-state index in [1.807, 2.05) is 21.1 Å². The van der Waals surface area contributed by atoms with Crippen molar-refractivity contribution >= 4 is 17.9 Å². The average molecular weight is 1260 g/mol. The summed E-state index contributed by atoms with van der Waals surface area (Å²) in [5.41, 5.74) is 0. The lowest BCUT2D eigenvalue weighted by atomic mass is 10.0. The number of nitrogens with zero attached hydrogens (tertiary/aromatic N) is 1. The molecular weight excluding hydrogens is 1130 g/mol. The van der Waals surface area contributed by atoms with E-state index in [2.05, 4.69) is 160 Å². The van der Waals surface area contributed by atoms with Crippen molar-refractivity contribution in [1.29, 1.82) is 0 Å². The smallest absolute Gasteiger partial charge is 0.306 e. The molecule has 0 aliphatic carbocycles. The van der Waals surface area contributed by atoms with E-state index >= 15 is 0 Å². The lowest BCUT2D eigenvalue weighted by Crippen LogP contribution is -2.44. The Morgan fingerprint density at radius 3 is 0.945 bits per heavy atom. The molecular formula is C82H137NO8. The third kappa shape index (κ3) is 72.5. The minimum absolute atomic E-state index is 0.137. The van der Waals surface area contributed by atoms with Gasteiger partial charge in [-0.2, -0.15) is 0 Å². The first-order chi connectivity index (χ1) is 44.6. The maximum atomic E-state index is 12.9. The van der Waals surface area contributed by atoms with Gasteiger partial charge in [-0.05, 0) is 122 Å². The third-order valence-corrected chi connectivity index (χ3v) is 15.6. The lowest BCUT2D eigenvalue weighted by molar-refractivity contribution is -0.870. The molecule has 9 heteroatoms. The Morgan fingerprint density at radius 2 is 0.626 bits per heavy atom. The molecule has 0 aliphatic heterocycles. The summed E-state index contributed by atoms with van der Waals surface area (Å²) in [7, 11) is 5.92. The summed E-state index contributed by atoms with van der Waals surface area (Å²) in [6.07, 6.45) is 101. The second kappa shape index (κ2) is 71.0. The first-order valence-corrected chi connectivity index (χ1v) is 37.0. The number of carboxylic acid groups (broad SMARTS) is 1. The molecule has 0 aromatic rings. The van der Waals surface area contributed by atoms with Crippen LogP contribution in [-0.2, 0) is 33.3 Å². The zero-order valence-corrected chi connectivity index (χ0v) is 59.2. The molecule has 0 radical (unpaired) electrons. The minimum Gasteiger partial charge on any atom is -0.545 e. The Morgan fingerprint density at radius 1 is 0.341 bits per heavy atom. The maximum absolute atomic E-state index is 12.9. The molecule has 0 rings (SSSR count). The normalized spacial score (nSPS) is 13.5. The Hall–Kier alpha value is -4.83. The highest BCUT2D eigenvalue weighted by molar-refractivity contribution is 5.70. The number of carbonyl (C=O) groups is 3. The molecule has 0 spiro atoms. The number of hydrogen-bond donors (Lipinski definition) is 0. The van der Waals surface area contributed by atoms with Crippen molar-refractivity contribution in [3.63, 3.8) is 0 Å². The van der Waals surface area contributed by atoms with Crippen LogP contribution < -0.4 is 5.11 Å². The van der Waals surface area contributed by atoms with Gasteiger partial charge in [0.15, 0.2) is 12.4 Å². The first kappa shape index (κ1) is 86.2. The molecule has 0 heterocycles. The number of hydrogen-bond acceptors (Lipinski definition) is 8. The van der Waals surface area contributed by atoms with Crippen LogP contribution >= 0.6 is 0 Å². The van der Waals surface area contributed by atoms with Crippen LogP contribution in [0.4, 0.5) is 0 Å². The standard InChI is InChI=1S/C82H137NO8/c1-6-8-10-12-14-16-18-20-22-24-26-28-30-32-34-35-36-37-38-39-40-41-42-43-44-45-47-49-51-53-55-57-59-61-63-65-67-69-71-73-80(85)91-78(77-90-82(81(86)87)88-75-74-83(3,4)5)76-89-79(84)72-70-68-66-64-62-60-58-56-54-52-50-48-46-33-31-29-27-25-23-21-19-17-15-13-11-9-7-2/h8,10,14,16,20,22,25-28,32,34,36-37,39-40,42-43,45,47,51,53,57,59,78,82H,6-7,9,11-13,15,17-19,21,23-24,29-31,33,35,38,41,44,46,48-50,52,54-56,58,60-77H2,1-5H3/b10-8-,16-14-,22-20-,27-25-,28-26-,34-32-,37-36-,40-39-,43-42-,47-45-,53-51-,59-57-. The summed E-state index contributed by atoms with van der Waals surface area (Å²) in [6, 6.07) is 0. The molecule has 0 fully saturated rings. The second-order valence-corrected chi connectivity index (χ2v) is 25.5. The van der Waals surface area contributed by atoms with Crippen LogP contribution in [0.5, 0.6) is 0 Å². The fourth-order valence-corrected chi connectivity index (χ4v) is 9.95. The number of unbranched alkanes of at least 4 members (excludes halogenated alkanes) is 28. The summed E-state index contributed by atoms with van der Waals surface area (Å²) in [5.74, 6) is -2.31. The van der Waals surface area contributed by atoms with Crippen LogP contribution in [0.2, 0.25) is 0 Å². The zero-order valence-electron chi connectivity index (χ0n) is 59.2. The quantitative estimate of drug-likeness (QED) is 0.0195. The van der Waals surface area contributed by atoms with Gasteiger partial charge >= 0.3 is 11.9 Å². The zero-order chi connectivity index (χ0) is 66.1. The molecule has 2 unspecified atom stereocenters. The molecule has 0 N–H and O–H groups in total. The molecule has 0 aromatic carbocycles. The summed E-state index contributed by atoms with van der Waals surface area (Å²) >= 11 is 0. The lowest BCUT2D eigenvalue weighted by Gasteiger charge is -2.26. The number of esters is 2. The van der Waals surface area contributed by atoms with Crippen molar-refractivity contribution in [3.05, 3.63) is 146 Å². The van der Waals surface area contributed by atoms with E-state index < -0.39 is 24.3 Å². The van der Waals surface area contributed by atoms with Crippen LogP contribution in [-0.4, -0.2) is 82.3 Å². The van der Waals surface area contributed by atoms with Gasteiger partial charge in [0.05, 0.1) is 40.3 Å². The van der Waals surface area contributed by atoms with Gasteiger partial charge in [-0.25, -0.2) is 0 Å². The summed E-state index contributed by atoms with van der Waals surface area (Å²) < 4.78 is 22.8. The molecule has 518 valence electrons. The van der Waals surface area contributed by atoms with Gasteiger partial charge in [-0.15, -0.1) is 0 Å². The van der Waals surface area contributed by atoms with E-state index in [4.69, 9.17) is 18.9 Å². The summed E-state index contributed by atoms with van der Waals surface area (Å²) in [4.78, 5) is 37.5. The van der Waals surface area contributed by atoms with Gasteiger partial charge in [0.2, 0.25) is 0 Å². The number of ether oxygens (including phenoxy) is 4. The molecule has 0 saturated carbocycles. The van der Waals surface area contributed by atoms with Crippen molar-refractivity contribution in [2.24, 2.45) is 0 Å². The number of carbonyl (C=O) groups excluding carboxylic acids is 3. The molecule has 0 bridgehead atoms. The van der Waals surface area contributed by atoms with Crippen molar-refractivity contribution in [1.82, 2.24) is 0 Å². The monoisotopic (exact) mass is 1260 g/mol. The SMILES string of the molecule is CC/C=C\C/C=C\C/C=C\C/C=C\C/C=C\C/C=C\C/C=C\C/C=C\C/C=C\C/C=C\C/C=C\CCCCCCCC(=O)OC(COC(=O)CCCCCCCCCCCCCCCCC/C=C\CCCCCCCCCC)COC(OCC[N+](C)(C)C)C(=O)[O-]. The second-order valence-electron chi connectivity index (χ2n) is 25.5. The van der Waals surface area contributed by atoms with Gasteiger partial charge in [0.25, 0.3) is 0 Å². The van der Waals surface area contributed by atoms with Crippen LogP contribution in [0.25, 0.3) is 0 Å². The summed E-state index contributed by atoms with van der Waals surface area (Å²) in [5, 5.41) is 11.8. The Labute approximate surface area is 560 Å². The van der Waals surface area contributed by atoms with Gasteiger partial charge in [-0.1, -0.05) is 307 Å². The molecule has 0 saturated heterocycles. The summed E-state index contributed by atoms with van der Waals surface area (Å²) in [6.45, 7) is 4.62. The van der Waals surface area contributed by atoms with E-state index in [1.165, 1.54) is 141 Å². The predicted molar refractivity (Wildman–Crippen MR) is 389 cm³/mol. The van der Waals surface area contributed by atoms with Crippen molar-refractivity contribution in [2.45, 2.75) is 309 Å². The fraction of sp³-hybridized carbons (Fsp3) is 0.671. The fourth-order valence-electron chi connectivity index (χ4n) is 9.95. The maximum Gasteiger partial charge on any atom is 0.306 e. The third-order valence-electron chi connectivity index (χ3n) is 15.6. The van der Waals surface area contributed by atoms with Crippen molar-refractivity contribution in [2.75, 3.05) is 47.5 Å². The highest BCUT2D eigenvalue weighted by atomic mass is 16.7. The van der Waals surface area contributed by atoms with Crippen LogP contribution in [0, 0.1) is 0 Å². The largest absolute Gasteiger partial charge is 0.545 e. The van der Waals surface area contributed by atoms with E-state index in [0.29, 0.717) is 17.4 Å². The minimum atomic E-state index is -1.64. The van der Waals surface area contributed by atoms with Crippen LogP contribution in [0.1, 0.15) is 296 Å². The number of likely N-dealkylation sites (N-methyl/N-ethyl adjacent to an activating group) is 1. The number of rotatable bonds is 67. The molecule has 2 atom stereocenters. The Bertz CT molecular complexity index is 2010. The topological polar surface area (TPSA) is 111 Å². The van der Waals surface area contributed by atoms with E-state index in [9.17, 15) is 19.5 Å². The van der Waals surface area contributed by atoms with Crippen LogP contribution in [0.15, 0.2) is 146 Å². The number of carboxylic acids is 1. The van der Waals surface area contributed by atoms with Crippen molar-refractivity contribution in [3.8, 4) is 0 Å². The predicted octanol–water partition coefficient (Wildman–Crippen LogP) is 22.1. The number of quaternary nitrogens is 1. The first-order valence-electron chi connectivity index (χ1n) is 37.0. The molecule has 0 aliphatic rings. The highest BCUT2D eigenvalue weighted by Gasteiger charge is 2.22. The molecule has 9 nitrogen and oxygen atoms in total. The van der Waals surface area contributed by atoms with Gasteiger partial charge in [-0.3, -0.25) is 9.59 Å². The highest BCUT2D eigenvalue weighted by Crippen LogP contribution is 2.17. The van der Waals surface area contributed by atoms with Gasteiger partial charge in [0, 0.05) is 12.8 Å². The molecule has 0 aromatic heterocycles. The van der Waals surface area contributed by atoms with Crippen molar-refractivity contribution < 1.29 is 42.9 Å². The number of aliphatic carboxylic acids is 1. The Kier molecular flexibility index (Phi) is 67.3. The number of allylic oxidation sites excluding steroid dienone is 24. The Balaban J connectivity index is 4.19. The van der Waals surface area contributed by atoms with Gasteiger partial charge < -0.3 is 33.3 Å². The van der Waals surface area contributed by atoms with Gasteiger partial charge in [0.1, 0.15) is 13.2 Å². The average Bonchev–Trinajstić information content (AvgIpc) is 3.46. The van der Waals surface area contributed by atoms with E-state index in [-0.39, 0.29) is 38.6 Å². The van der Waals surface area contributed by atoms with Crippen LogP contribution in [0.3, 0.4) is 0 Å². The molecule has 91 heavy (non-hydrogen) atoms.